The molecule has 3 rings (SSSR count). The van der Waals surface area contributed by atoms with Crippen molar-refractivity contribution in [3.05, 3.63) is 52.5 Å². The van der Waals surface area contributed by atoms with E-state index in [0.29, 0.717) is 12.1 Å². The average molecular weight is 391 g/mol. The van der Waals surface area contributed by atoms with Crippen LogP contribution in [0.3, 0.4) is 0 Å². The molecule has 1 saturated heterocycles. The highest BCUT2D eigenvalue weighted by Crippen LogP contribution is 2.28. The van der Waals surface area contributed by atoms with E-state index in [4.69, 9.17) is 4.74 Å². The topological polar surface area (TPSA) is 32.8 Å². The summed E-state index contributed by atoms with van der Waals surface area (Å²) in [6, 6.07) is 10.6. The first-order valence-electron chi connectivity index (χ1n) is 9.48. The Bertz CT molecular complexity index is 738. The molecule has 1 aromatic heterocycles. The van der Waals surface area contributed by atoms with Gasteiger partial charge in [-0.05, 0) is 36.4 Å². The summed E-state index contributed by atoms with van der Waals surface area (Å²) in [6.07, 6.45) is 1.98. The number of piperidine rings is 1. The molecule has 0 unspecified atom stereocenters. The number of benzene rings is 1. The molecule has 4 nitrogen and oxygen atoms in total. The molecule has 1 fully saturated rings. The number of carbonyl (C=O) groups excluding carboxylic acids is 1. The van der Waals surface area contributed by atoms with Crippen LogP contribution in [0.25, 0.3) is 0 Å². The monoisotopic (exact) mass is 390 g/mol. The number of nitrogens with zero attached hydrogens (tertiary/aromatic N) is 2. The first-order chi connectivity index (χ1) is 13.1. The third-order valence-electron chi connectivity index (χ3n) is 5.18. The summed E-state index contributed by atoms with van der Waals surface area (Å²) in [7, 11) is 1.68. The molecule has 1 amide bonds. The number of hydrogen-bond donors (Lipinski definition) is 0. The molecule has 2 atom stereocenters. The molecule has 2 heterocycles. The Hall–Kier alpha value is -1.76. The van der Waals surface area contributed by atoms with E-state index < -0.39 is 0 Å². The second kappa shape index (κ2) is 9.44. The Morgan fingerprint density at radius 2 is 2.15 bits per heavy atom. The van der Waals surface area contributed by atoms with E-state index in [2.05, 4.69) is 22.4 Å². The van der Waals surface area contributed by atoms with E-state index in [0.717, 1.165) is 32.5 Å². The number of anilines is 1. The van der Waals surface area contributed by atoms with Gasteiger partial charge < -0.3 is 14.5 Å². The Morgan fingerprint density at radius 1 is 1.33 bits per heavy atom. The predicted molar refractivity (Wildman–Crippen MR) is 108 cm³/mol. The van der Waals surface area contributed by atoms with Crippen molar-refractivity contribution < 1.29 is 13.9 Å². The molecule has 0 spiro atoms. The molecule has 0 saturated carbocycles. The highest BCUT2D eigenvalue weighted by atomic mass is 32.1. The van der Waals surface area contributed by atoms with Gasteiger partial charge in [-0.3, -0.25) is 4.79 Å². The van der Waals surface area contributed by atoms with E-state index in [1.165, 1.54) is 10.9 Å². The molecule has 146 valence electrons. The molecule has 27 heavy (non-hydrogen) atoms. The van der Waals surface area contributed by atoms with Crippen molar-refractivity contribution in [3.63, 3.8) is 0 Å². The lowest BCUT2D eigenvalue weighted by Crippen LogP contribution is -2.57. The van der Waals surface area contributed by atoms with Gasteiger partial charge in [0.2, 0.25) is 5.91 Å². The predicted octanol–water partition coefficient (Wildman–Crippen LogP) is 3.96. The van der Waals surface area contributed by atoms with Crippen LogP contribution in [0.4, 0.5) is 10.1 Å². The largest absolute Gasteiger partial charge is 0.378 e. The third-order valence-corrected chi connectivity index (χ3v) is 6.12. The van der Waals surface area contributed by atoms with Crippen molar-refractivity contribution in [3.8, 4) is 0 Å². The second-order valence-corrected chi connectivity index (χ2v) is 7.86. The van der Waals surface area contributed by atoms with Gasteiger partial charge in [0.25, 0.3) is 0 Å². The molecule has 0 N–H and O–H groups in total. The number of para-hydroxylation sites is 1. The fourth-order valence-corrected chi connectivity index (χ4v) is 4.43. The molecular formula is C21H27FN2O2S. The van der Waals surface area contributed by atoms with Crippen LogP contribution in [0, 0.1) is 5.82 Å². The Kier molecular flexibility index (Phi) is 6.99. The van der Waals surface area contributed by atoms with Crippen LogP contribution < -0.4 is 4.90 Å². The van der Waals surface area contributed by atoms with Crippen molar-refractivity contribution >= 4 is 22.9 Å². The van der Waals surface area contributed by atoms with Crippen molar-refractivity contribution in [1.29, 1.82) is 0 Å². The van der Waals surface area contributed by atoms with Crippen LogP contribution in [0.5, 0.6) is 0 Å². The van der Waals surface area contributed by atoms with Crippen LogP contribution >= 0.6 is 11.3 Å². The van der Waals surface area contributed by atoms with E-state index in [9.17, 15) is 9.18 Å². The van der Waals surface area contributed by atoms with Gasteiger partial charge in [0.05, 0.1) is 17.8 Å². The number of halogens is 1. The molecule has 0 bridgehead atoms. The molecule has 1 aliphatic rings. The van der Waals surface area contributed by atoms with Crippen molar-refractivity contribution in [1.82, 2.24) is 4.90 Å². The smallest absolute Gasteiger partial charge is 0.227 e. The molecule has 1 aromatic carbocycles. The Labute approximate surface area is 164 Å². The van der Waals surface area contributed by atoms with Gasteiger partial charge in [-0.1, -0.05) is 25.1 Å². The molecule has 6 heteroatoms. The average Bonchev–Trinajstić information content (AvgIpc) is 3.22. The van der Waals surface area contributed by atoms with E-state index in [-0.39, 0.29) is 23.9 Å². The van der Waals surface area contributed by atoms with Crippen LogP contribution in [-0.4, -0.2) is 49.7 Å². The SMILES string of the molecule is CCC(=O)N(c1ccccc1F)[C@H]1CCN(CCc2cccs2)C[C@H]1OC. The van der Waals surface area contributed by atoms with E-state index in [1.807, 2.05) is 6.92 Å². The second-order valence-electron chi connectivity index (χ2n) is 6.83. The van der Waals surface area contributed by atoms with Crippen molar-refractivity contribution in [2.24, 2.45) is 0 Å². The molecule has 1 aliphatic heterocycles. The highest BCUT2D eigenvalue weighted by molar-refractivity contribution is 7.09. The molecule has 0 aliphatic carbocycles. The zero-order chi connectivity index (χ0) is 19.2. The third kappa shape index (κ3) is 4.75. The van der Waals surface area contributed by atoms with Crippen LogP contribution in [0.1, 0.15) is 24.6 Å². The molecule has 0 radical (unpaired) electrons. The normalized spacial score (nSPS) is 20.6. The van der Waals surface area contributed by atoms with Gasteiger partial charge in [0, 0.05) is 38.0 Å². The number of methoxy groups -OCH3 is 1. The zero-order valence-electron chi connectivity index (χ0n) is 15.9. The number of rotatable bonds is 7. The Balaban J connectivity index is 1.73. The lowest BCUT2D eigenvalue weighted by atomic mass is 9.98. The standard InChI is InChI=1S/C21H27FN2O2S/c1-3-21(25)24(18-9-5-4-8-17(18)22)19-11-13-23(15-20(19)26-2)12-10-16-7-6-14-27-16/h4-9,14,19-20H,3,10-13,15H2,1-2H3/t19-,20+/m0/s1. The minimum Gasteiger partial charge on any atom is -0.378 e. The summed E-state index contributed by atoms with van der Waals surface area (Å²) in [5.74, 6) is -0.437. The van der Waals surface area contributed by atoms with E-state index in [1.54, 1.807) is 41.5 Å². The maximum Gasteiger partial charge on any atom is 0.227 e. The van der Waals surface area contributed by atoms with E-state index >= 15 is 0 Å². The lowest BCUT2D eigenvalue weighted by molar-refractivity contribution is -0.120. The van der Waals surface area contributed by atoms with Crippen LogP contribution in [-0.2, 0) is 16.0 Å². The summed E-state index contributed by atoms with van der Waals surface area (Å²) in [6.45, 7) is 4.40. The first-order valence-corrected chi connectivity index (χ1v) is 10.4. The summed E-state index contributed by atoms with van der Waals surface area (Å²) < 4.78 is 20.2. The maximum absolute atomic E-state index is 14.4. The zero-order valence-corrected chi connectivity index (χ0v) is 16.8. The summed E-state index contributed by atoms with van der Waals surface area (Å²) >= 11 is 1.78. The van der Waals surface area contributed by atoms with Gasteiger partial charge in [-0.15, -0.1) is 11.3 Å². The number of thiophene rings is 1. The van der Waals surface area contributed by atoms with Gasteiger partial charge in [0.15, 0.2) is 0 Å². The number of carbonyl (C=O) groups is 1. The van der Waals surface area contributed by atoms with Gasteiger partial charge >= 0.3 is 0 Å². The first kappa shape index (κ1) is 20.0. The molecular weight excluding hydrogens is 363 g/mol. The summed E-state index contributed by atoms with van der Waals surface area (Å²) in [5, 5.41) is 2.10. The maximum atomic E-state index is 14.4. The minimum absolute atomic E-state index is 0.0702. The van der Waals surface area contributed by atoms with Crippen molar-refractivity contribution in [2.75, 3.05) is 31.6 Å². The van der Waals surface area contributed by atoms with Crippen molar-refractivity contribution in [2.45, 2.75) is 38.3 Å². The van der Waals surface area contributed by atoms with Crippen LogP contribution in [0.15, 0.2) is 41.8 Å². The van der Waals surface area contributed by atoms with Crippen LogP contribution in [0.2, 0.25) is 0 Å². The summed E-state index contributed by atoms with van der Waals surface area (Å²) in [5.41, 5.74) is 0.350. The minimum atomic E-state index is -0.366. The number of ether oxygens (including phenoxy) is 1. The Morgan fingerprint density at radius 3 is 2.81 bits per heavy atom. The quantitative estimate of drug-likeness (QED) is 0.717. The highest BCUT2D eigenvalue weighted by Gasteiger charge is 2.37. The number of likely N-dealkylation sites (tertiary alicyclic amines) is 1. The number of hydrogen-bond acceptors (Lipinski definition) is 4. The summed E-state index contributed by atoms with van der Waals surface area (Å²) in [4.78, 5) is 18.1. The number of amides is 1. The lowest BCUT2D eigenvalue weighted by Gasteiger charge is -2.43. The van der Waals surface area contributed by atoms with Gasteiger partial charge in [0.1, 0.15) is 5.82 Å². The fraction of sp³-hybridized carbons (Fsp3) is 0.476. The molecule has 2 aromatic rings. The van der Waals surface area contributed by atoms with Gasteiger partial charge in [-0.25, -0.2) is 4.39 Å². The van der Waals surface area contributed by atoms with Gasteiger partial charge in [-0.2, -0.15) is 0 Å². The fourth-order valence-electron chi connectivity index (χ4n) is 3.74.